The van der Waals surface area contributed by atoms with Crippen LogP contribution in [0.15, 0.2) is 11.1 Å². The third kappa shape index (κ3) is 7.28. The average Bonchev–Trinajstić information content (AvgIpc) is 3.05. The Morgan fingerprint density at radius 2 is 1.64 bits per heavy atom. The lowest BCUT2D eigenvalue weighted by molar-refractivity contribution is -0.149. The molecule has 0 aromatic carbocycles. The second kappa shape index (κ2) is 10.9. The van der Waals surface area contributed by atoms with Gasteiger partial charge in [-0.25, -0.2) is 9.59 Å². The zero-order chi connectivity index (χ0) is 18.8. The van der Waals surface area contributed by atoms with Crippen molar-refractivity contribution in [3.8, 4) is 0 Å². The van der Waals surface area contributed by atoms with Crippen LogP contribution in [0.25, 0.3) is 0 Å². The fourth-order valence-corrected chi connectivity index (χ4v) is 3.26. The monoisotopic (exact) mass is 354 g/mol. The molecule has 0 aromatic rings. The van der Waals surface area contributed by atoms with Gasteiger partial charge in [0.05, 0.1) is 12.0 Å². The van der Waals surface area contributed by atoms with Crippen LogP contribution >= 0.6 is 0 Å². The van der Waals surface area contributed by atoms with E-state index in [9.17, 15) is 24.6 Å². The number of carboxylic acid groups (broad SMARTS) is 2. The van der Waals surface area contributed by atoms with E-state index in [0.717, 1.165) is 51.4 Å². The van der Waals surface area contributed by atoms with Crippen molar-refractivity contribution in [1.29, 1.82) is 0 Å². The van der Waals surface area contributed by atoms with E-state index in [-0.39, 0.29) is 29.6 Å². The number of carbonyl (C=O) groups is 3. The zero-order valence-corrected chi connectivity index (χ0v) is 15.3. The molecule has 0 spiro atoms. The summed E-state index contributed by atoms with van der Waals surface area (Å²) in [5.41, 5.74) is -0.510. The molecule has 1 fully saturated rings. The van der Waals surface area contributed by atoms with Crippen LogP contribution in [0.1, 0.15) is 78.1 Å². The highest BCUT2D eigenvalue weighted by molar-refractivity contribution is 6.01. The lowest BCUT2D eigenvalue weighted by Crippen LogP contribution is -2.20. The molecule has 1 saturated carbocycles. The van der Waals surface area contributed by atoms with Crippen LogP contribution in [0, 0.1) is 5.92 Å². The maximum absolute atomic E-state index is 12.1. The van der Waals surface area contributed by atoms with Crippen molar-refractivity contribution in [1.82, 2.24) is 0 Å². The molecule has 6 heteroatoms. The molecule has 0 aliphatic heterocycles. The predicted octanol–water partition coefficient (Wildman–Crippen LogP) is 3.93. The van der Waals surface area contributed by atoms with Crippen LogP contribution in [0.4, 0.5) is 0 Å². The second-order valence-corrected chi connectivity index (χ2v) is 6.76. The van der Waals surface area contributed by atoms with Crippen LogP contribution in [-0.2, 0) is 19.1 Å². The van der Waals surface area contributed by atoms with Crippen LogP contribution in [-0.4, -0.2) is 34.2 Å². The maximum Gasteiger partial charge on any atom is 0.332 e. The highest BCUT2D eigenvalue weighted by atomic mass is 16.5. The maximum atomic E-state index is 12.1. The average molecular weight is 354 g/mol. The van der Waals surface area contributed by atoms with Crippen LogP contribution < -0.4 is 0 Å². The Bertz CT molecular complexity index is 502. The van der Waals surface area contributed by atoms with Gasteiger partial charge in [-0.2, -0.15) is 0 Å². The molecular formula is C19H30O6. The van der Waals surface area contributed by atoms with Gasteiger partial charge < -0.3 is 14.9 Å². The minimum absolute atomic E-state index is 0.103. The summed E-state index contributed by atoms with van der Waals surface area (Å²) in [6.45, 7) is 4.02. The zero-order valence-electron chi connectivity index (χ0n) is 15.3. The molecule has 0 aromatic heterocycles. The number of unbranched alkanes of at least 4 members (excludes halogenated alkanes) is 1. The fourth-order valence-electron chi connectivity index (χ4n) is 3.26. The van der Waals surface area contributed by atoms with Crippen molar-refractivity contribution >= 4 is 17.9 Å². The van der Waals surface area contributed by atoms with Gasteiger partial charge in [-0.3, -0.25) is 4.79 Å². The molecule has 0 heterocycles. The molecule has 1 aliphatic carbocycles. The Morgan fingerprint density at radius 3 is 2.12 bits per heavy atom. The number of rotatable bonds is 11. The number of hydrogen-bond donors (Lipinski definition) is 2. The first-order valence-electron chi connectivity index (χ1n) is 9.27. The van der Waals surface area contributed by atoms with Gasteiger partial charge in [0.2, 0.25) is 0 Å². The molecule has 0 amide bonds. The van der Waals surface area contributed by atoms with Gasteiger partial charge in [-0.1, -0.05) is 39.5 Å². The molecule has 1 aliphatic rings. The number of aliphatic carboxylic acids is 2. The van der Waals surface area contributed by atoms with Crippen molar-refractivity contribution in [2.75, 3.05) is 0 Å². The summed E-state index contributed by atoms with van der Waals surface area (Å²) in [5.74, 6) is -3.16. The number of ether oxygens (including phenoxy) is 1. The summed E-state index contributed by atoms with van der Waals surface area (Å²) >= 11 is 0. The van der Waals surface area contributed by atoms with E-state index in [2.05, 4.69) is 6.92 Å². The molecule has 142 valence electrons. The molecule has 0 saturated heterocycles. The number of carbonyl (C=O) groups excluding carboxylic acids is 1. The quantitative estimate of drug-likeness (QED) is 0.430. The molecule has 2 N–H and O–H groups in total. The Labute approximate surface area is 149 Å². The van der Waals surface area contributed by atoms with E-state index >= 15 is 0 Å². The molecular weight excluding hydrogens is 324 g/mol. The molecule has 1 atom stereocenters. The summed E-state index contributed by atoms with van der Waals surface area (Å²) in [5, 5.41) is 18.9. The van der Waals surface area contributed by atoms with E-state index in [0.29, 0.717) is 0 Å². The summed E-state index contributed by atoms with van der Waals surface area (Å²) in [4.78, 5) is 35.3. The molecule has 1 rings (SSSR count). The first-order chi connectivity index (χ1) is 11.9. The first-order valence-corrected chi connectivity index (χ1v) is 9.27. The van der Waals surface area contributed by atoms with Crippen LogP contribution in [0.3, 0.4) is 0 Å². The summed E-state index contributed by atoms with van der Waals surface area (Å²) in [6.07, 6.45) is 6.69. The lowest BCUT2D eigenvalue weighted by atomic mass is 9.89. The molecule has 6 nitrogen and oxygen atoms in total. The third-order valence-electron chi connectivity index (χ3n) is 4.84. The van der Waals surface area contributed by atoms with E-state index in [4.69, 9.17) is 4.74 Å². The van der Waals surface area contributed by atoms with Crippen molar-refractivity contribution < 1.29 is 29.3 Å². The highest BCUT2D eigenvalue weighted by Gasteiger charge is 2.27. The van der Waals surface area contributed by atoms with Crippen molar-refractivity contribution in [2.24, 2.45) is 5.92 Å². The summed E-state index contributed by atoms with van der Waals surface area (Å²) in [7, 11) is 0. The number of esters is 1. The van der Waals surface area contributed by atoms with Gasteiger partial charge in [0, 0.05) is 5.57 Å². The minimum Gasteiger partial charge on any atom is -0.478 e. The first kappa shape index (κ1) is 21.2. The van der Waals surface area contributed by atoms with Gasteiger partial charge in [0.1, 0.15) is 6.10 Å². The smallest absolute Gasteiger partial charge is 0.332 e. The van der Waals surface area contributed by atoms with Crippen molar-refractivity contribution in [3.05, 3.63) is 11.1 Å². The van der Waals surface area contributed by atoms with Gasteiger partial charge in [-0.15, -0.1) is 0 Å². The number of hydrogen-bond acceptors (Lipinski definition) is 4. The molecule has 0 bridgehead atoms. The summed E-state index contributed by atoms with van der Waals surface area (Å²) < 4.78 is 5.29. The minimum atomic E-state index is -1.36. The Balaban J connectivity index is 2.89. The van der Waals surface area contributed by atoms with Gasteiger partial charge in [-0.05, 0) is 38.0 Å². The van der Waals surface area contributed by atoms with E-state index < -0.39 is 24.3 Å². The van der Waals surface area contributed by atoms with Gasteiger partial charge in [0.25, 0.3) is 0 Å². The fraction of sp³-hybridized carbons (Fsp3) is 0.737. The van der Waals surface area contributed by atoms with Gasteiger partial charge in [0.15, 0.2) is 0 Å². The Morgan fingerprint density at radius 1 is 1.04 bits per heavy atom. The molecule has 0 radical (unpaired) electrons. The SMILES string of the molecule is CCCCC(CC)CC(C(=O)O)=C(CC(=O)OC1CCCC1)C(=O)O. The number of carboxylic acids is 2. The molecule has 25 heavy (non-hydrogen) atoms. The van der Waals surface area contributed by atoms with E-state index in [1.807, 2.05) is 6.92 Å². The van der Waals surface area contributed by atoms with Gasteiger partial charge >= 0.3 is 17.9 Å². The molecule has 1 unspecified atom stereocenters. The van der Waals surface area contributed by atoms with Crippen molar-refractivity contribution in [2.45, 2.75) is 84.2 Å². The summed E-state index contributed by atoms with van der Waals surface area (Å²) in [6, 6.07) is 0. The van der Waals surface area contributed by atoms with Crippen LogP contribution in [0.2, 0.25) is 0 Å². The third-order valence-corrected chi connectivity index (χ3v) is 4.84. The Kier molecular flexibility index (Phi) is 9.24. The van der Waals surface area contributed by atoms with Crippen LogP contribution in [0.5, 0.6) is 0 Å². The Hall–Kier alpha value is -1.85. The van der Waals surface area contributed by atoms with Crippen molar-refractivity contribution in [3.63, 3.8) is 0 Å². The second-order valence-electron chi connectivity index (χ2n) is 6.76. The highest BCUT2D eigenvalue weighted by Crippen LogP contribution is 2.26. The standard InChI is InChI=1S/C19H30O6/c1-3-5-8-13(4-2)11-15(18(21)22)16(19(23)24)12-17(20)25-14-9-6-7-10-14/h13-14H,3-12H2,1-2H3,(H,21,22)(H,23,24). The largest absolute Gasteiger partial charge is 0.478 e. The topological polar surface area (TPSA) is 101 Å². The lowest BCUT2D eigenvalue weighted by Gasteiger charge is -2.17. The van der Waals surface area contributed by atoms with E-state index in [1.165, 1.54) is 0 Å². The normalized spacial score (nSPS) is 17.0. The predicted molar refractivity (Wildman–Crippen MR) is 93.2 cm³/mol. The van der Waals surface area contributed by atoms with E-state index in [1.54, 1.807) is 0 Å².